The van der Waals surface area contributed by atoms with Crippen LogP contribution in [0, 0.1) is 0 Å². The van der Waals surface area contributed by atoms with Crippen molar-refractivity contribution in [2.45, 2.75) is 16.3 Å². The fourth-order valence-corrected chi connectivity index (χ4v) is 4.45. The van der Waals surface area contributed by atoms with Crippen molar-refractivity contribution in [3.05, 3.63) is 71.5 Å². The normalized spacial score (nSPS) is 14.6. The zero-order valence-electron chi connectivity index (χ0n) is 19.1. The maximum Gasteiger partial charge on any atom is 0.252 e. The third kappa shape index (κ3) is 7.17. The maximum atomic E-state index is 12.5. The molecule has 0 unspecified atom stereocenters. The van der Waals surface area contributed by atoms with Crippen molar-refractivity contribution < 1.29 is 9.53 Å². The molecule has 1 aliphatic heterocycles. The van der Waals surface area contributed by atoms with Crippen molar-refractivity contribution in [1.29, 1.82) is 0 Å². The Kier molecular flexibility index (Phi) is 8.76. The topological polar surface area (TPSA) is 70.6 Å². The van der Waals surface area contributed by atoms with E-state index in [4.69, 9.17) is 16.3 Å². The van der Waals surface area contributed by atoms with Crippen LogP contribution in [-0.4, -0.2) is 72.0 Å². The van der Waals surface area contributed by atoms with E-state index in [1.54, 1.807) is 36.7 Å². The van der Waals surface area contributed by atoms with Crippen molar-refractivity contribution in [2.75, 3.05) is 46.3 Å². The largest absolute Gasteiger partial charge is 0.437 e. The van der Waals surface area contributed by atoms with Crippen LogP contribution in [0.2, 0.25) is 5.02 Å². The first kappa shape index (κ1) is 24.5. The van der Waals surface area contributed by atoms with E-state index >= 15 is 0 Å². The fraction of sp³-hybridized carbons (Fsp3) is 0.320. The Morgan fingerprint density at radius 3 is 2.47 bits per heavy atom. The molecule has 4 rings (SSSR count). The lowest BCUT2D eigenvalue weighted by atomic mass is 10.2. The molecule has 1 N–H and O–H groups in total. The Morgan fingerprint density at radius 1 is 1.03 bits per heavy atom. The van der Waals surface area contributed by atoms with Gasteiger partial charge in [-0.3, -0.25) is 4.79 Å². The van der Waals surface area contributed by atoms with Crippen LogP contribution in [0.4, 0.5) is 0 Å². The second kappa shape index (κ2) is 12.2. The standard InChI is InChI=1S/C25H28ClN5O2S/c1-30-15-17-31(18-16-30)14-2-11-27-23(32)19-3-7-21(8-4-19)33-24-25(29-13-12-28-24)34-22-9-5-20(26)6-10-22/h3-10,12-13H,2,11,14-18H2,1H3,(H,27,32). The lowest BCUT2D eigenvalue weighted by molar-refractivity contribution is 0.0949. The number of ether oxygens (including phenoxy) is 1. The molecule has 1 aromatic heterocycles. The minimum Gasteiger partial charge on any atom is -0.437 e. The second-order valence-electron chi connectivity index (χ2n) is 8.10. The van der Waals surface area contributed by atoms with Gasteiger partial charge in [-0.2, -0.15) is 0 Å². The van der Waals surface area contributed by atoms with Crippen LogP contribution in [0.15, 0.2) is 70.8 Å². The number of amides is 1. The van der Waals surface area contributed by atoms with Crippen LogP contribution >= 0.6 is 23.4 Å². The quantitative estimate of drug-likeness (QED) is 0.438. The molecule has 0 bridgehead atoms. The minimum atomic E-state index is -0.0802. The summed E-state index contributed by atoms with van der Waals surface area (Å²) in [5.41, 5.74) is 0.599. The van der Waals surface area contributed by atoms with E-state index in [1.165, 1.54) is 11.8 Å². The minimum absolute atomic E-state index is 0.0802. The Labute approximate surface area is 209 Å². The van der Waals surface area contributed by atoms with Crippen LogP contribution in [0.25, 0.3) is 0 Å². The molecule has 0 spiro atoms. The van der Waals surface area contributed by atoms with Crippen LogP contribution in [-0.2, 0) is 0 Å². The number of hydrogen-bond donors (Lipinski definition) is 1. The summed E-state index contributed by atoms with van der Waals surface area (Å²) in [6.45, 7) is 6.08. The van der Waals surface area contributed by atoms with E-state index in [2.05, 4.69) is 32.1 Å². The molecule has 1 fully saturated rings. The van der Waals surface area contributed by atoms with Crippen molar-refractivity contribution in [3.8, 4) is 11.6 Å². The number of aromatic nitrogens is 2. The Balaban J connectivity index is 1.27. The predicted molar refractivity (Wildman–Crippen MR) is 135 cm³/mol. The molecule has 0 aliphatic carbocycles. The lowest BCUT2D eigenvalue weighted by Gasteiger charge is -2.32. The molecule has 9 heteroatoms. The Hall–Kier alpha value is -2.65. The van der Waals surface area contributed by atoms with Gasteiger partial charge < -0.3 is 19.9 Å². The highest BCUT2D eigenvalue weighted by Crippen LogP contribution is 2.34. The smallest absolute Gasteiger partial charge is 0.252 e. The van der Waals surface area contributed by atoms with Gasteiger partial charge in [-0.25, -0.2) is 9.97 Å². The van der Waals surface area contributed by atoms with Gasteiger partial charge >= 0.3 is 0 Å². The first-order valence-electron chi connectivity index (χ1n) is 11.3. The number of nitrogens with one attached hydrogen (secondary N) is 1. The monoisotopic (exact) mass is 497 g/mol. The van der Waals surface area contributed by atoms with Gasteiger partial charge in [0.25, 0.3) is 11.8 Å². The molecule has 1 amide bonds. The lowest BCUT2D eigenvalue weighted by Crippen LogP contribution is -2.45. The van der Waals surface area contributed by atoms with Crippen LogP contribution in [0.5, 0.6) is 11.6 Å². The molecule has 2 aromatic carbocycles. The van der Waals surface area contributed by atoms with Crippen molar-refractivity contribution >= 4 is 29.3 Å². The number of carbonyl (C=O) groups is 1. The van der Waals surface area contributed by atoms with Crippen molar-refractivity contribution in [2.24, 2.45) is 0 Å². The molecular weight excluding hydrogens is 470 g/mol. The molecule has 3 aromatic rings. The molecular formula is C25H28ClN5O2S. The number of halogens is 1. The summed E-state index contributed by atoms with van der Waals surface area (Å²) in [4.78, 5) is 27.0. The fourth-order valence-electron chi connectivity index (χ4n) is 3.53. The molecule has 1 saturated heterocycles. The molecule has 7 nitrogen and oxygen atoms in total. The summed E-state index contributed by atoms with van der Waals surface area (Å²) in [5.74, 6) is 0.914. The predicted octanol–water partition coefficient (Wildman–Crippen LogP) is 4.44. The summed E-state index contributed by atoms with van der Waals surface area (Å²) >= 11 is 7.41. The number of hydrogen-bond acceptors (Lipinski definition) is 7. The third-order valence-electron chi connectivity index (χ3n) is 5.52. The van der Waals surface area contributed by atoms with E-state index in [0.717, 1.165) is 44.0 Å². The summed E-state index contributed by atoms with van der Waals surface area (Å²) in [7, 11) is 2.15. The number of benzene rings is 2. The molecule has 2 heterocycles. The SMILES string of the molecule is CN1CCN(CCCNC(=O)c2ccc(Oc3nccnc3Sc3ccc(Cl)cc3)cc2)CC1. The first-order chi connectivity index (χ1) is 16.6. The van der Waals surface area contributed by atoms with Gasteiger partial charge in [0.15, 0.2) is 5.03 Å². The molecule has 1 aliphatic rings. The Morgan fingerprint density at radius 2 is 1.74 bits per heavy atom. The van der Waals surface area contributed by atoms with Crippen LogP contribution in [0.3, 0.4) is 0 Å². The summed E-state index contributed by atoms with van der Waals surface area (Å²) in [5, 5.41) is 4.33. The van der Waals surface area contributed by atoms with E-state index in [9.17, 15) is 4.79 Å². The summed E-state index contributed by atoms with van der Waals surface area (Å²) in [6.07, 6.45) is 4.16. The number of rotatable bonds is 9. The van der Waals surface area contributed by atoms with Crippen molar-refractivity contribution in [1.82, 2.24) is 25.1 Å². The highest BCUT2D eigenvalue weighted by Gasteiger charge is 2.14. The van der Waals surface area contributed by atoms with E-state index in [0.29, 0.717) is 33.8 Å². The molecule has 34 heavy (non-hydrogen) atoms. The Bertz CT molecular complexity index is 1070. The highest BCUT2D eigenvalue weighted by atomic mass is 35.5. The van der Waals surface area contributed by atoms with Gasteiger partial charge in [0.05, 0.1) is 0 Å². The molecule has 178 valence electrons. The van der Waals surface area contributed by atoms with Gasteiger partial charge in [0, 0.05) is 60.6 Å². The third-order valence-corrected chi connectivity index (χ3v) is 6.76. The number of likely N-dealkylation sites (N-methyl/N-ethyl adjacent to an activating group) is 1. The van der Waals surface area contributed by atoms with E-state index in [-0.39, 0.29) is 5.91 Å². The summed E-state index contributed by atoms with van der Waals surface area (Å²) < 4.78 is 5.95. The van der Waals surface area contributed by atoms with Crippen molar-refractivity contribution in [3.63, 3.8) is 0 Å². The molecule has 0 atom stereocenters. The van der Waals surface area contributed by atoms with Gasteiger partial charge in [0.1, 0.15) is 5.75 Å². The zero-order chi connectivity index (χ0) is 23.8. The highest BCUT2D eigenvalue weighted by molar-refractivity contribution is 7.99. The van der Waals surface area contributed by atoms with Gasteiger partial charge in [-0.1, -0.05) is 23.4 Å². The average Bonchev–Trinajstić information content (AvgIpc) is 2.86. The molecule has 0 saturated carbocycles. The van der Waals surface area contributed by atoms with Crippen LogP contribution in [0.1, 0.15) is 16.8 Å². The summed E-state index contributed by atoms with van der Waals surface area (Å²) in [6, 6.07) is 14.6. The molecule has 0 radical (unpaired) electrons. The van der Waals surface area contributed by atoms with E-state index < -0.39 is 0 Å². The number of piperazine rings is 1. The van der Waals surface area contributed by atoms with Gasteiger partial charge in [0.2, 0.25) is 0 Å². The zero-order valence-corrected chi connectivity index (χ0v) is 20.7. The second-order valence-corrected chi connectivity index (χ2v) is 9.60. The number of carbonyl (C=O) groups excluding carboxylic acids is 1. The average molecular weight is 498 g/mol. The van der Waals surface area contributed by atoms with Gasteiger partial charge in [-0.05, 0) is 68.5 Å². The number of nitrogens with zero attached hydrogens (tertiary/aromatic N) is 4. The van der Waals surface area contributed by atoms with Gasteiger partial charge in [-0.15, -0.1) is 0 Å². The first-order valence-corrected chi connectivity index (χ1v) is 12.5. The maximum absolute atomic E-state index is 12.5. The van der Waals surface area contributed by atoms with E-state index in [1.807, 2.05) is 24.3 Å². The van der Waals surface area contributed by atoms with Crippen LogP contribution < -0.4 is 10.1 Å².